The van der Waals surface area contributed by atoms with E-state index in [1.165, 1.54) is 0 Å². The van der Waals surface area contributed by atoms with E-state index in [0.29, 0.717) is 0 Å². The van der Waals surface area contributed by atoms with Crippen molar-refractivity contribution < 1.29 is 22.7 Å². The van der Waals surface area contributed by atoms with Gasteiger partial charge in [-0.15, -0.1) is 0 Å². The Balaban J connectivity index is 2.80. The fourth-order valence-electron chi connectivity index (χ4n) is 1.62. The van der Waals surface area contributed by atoms with Gasteiger partial charge in [0.15, 0.2) is 0 Å². The fourth-order valence-corrected chi connectivity index (χ4v) is 1.62. The van der Waals surface area contributed by atoms with Crippen LogP contribution in [0.1, 0.15) is 39.1 Å². The highest BCUT2D eigenvalue weighted by Crippen LogP contribution is 2.30. The summed E-state index contributed by atoms with van der Waals surface area (Å²) >= 11 is 0. The van der Waals surface area contributed by atoms with Crippen molar-refractivity contribution in [3.63, 3.8) is 0 Å². The van der Waals surface area contributed by atoms with Gasteiger partial charge in [0.2, 0.25) is 0 Å². The number of amides is 1. The monoisotopic (exact) mass is 322 g/mol. The Labute approximate surface area is 126 Å². The average molecular weight is 322 g/mol. The molecule has 0 fully saturated rings. The van der Waals surface area contributed by atoms with E-state index in [9.17, 15) is 18.0 Å². The molecule has 0 aromatic carbocycles. The molecule has 126 valence electrons. The number of alkyl halides is 3. The number of H-pyrrole nitrogens is 1. The normalized spacial score (nSPS) is 15.3. The topological polar surface area (TPSA) is 93.0 Å². The molecule has 0 saturated heterocycles. The molecule has 0 bridgehead atoms. The summed E-state index contributed by atoms with van der Waals surface area (Å²) in [6.45, 7) is 6.74. The summed E-state index contributed by atoms with van der Waals surface area (Å²) in [5, 5.41) is 8.10. The summed E-state index contributed by atoms with van der Waals surface area (Å²) in [7, 11) is 0. The first-order valence-corrected chi connectivity index (χ1v) is 6.67. The number of rotatable bonds is 4. The van der Waals surface area contributed by atoms with Crippen molar-refractivity contribution in [3.05, 3.63) is 17.5 Å². The van der Waals surface area contributed by atoms with Gasteiger partial charge in [0, 0.05) is 18.5 Å². The van der Waals surface area contributed by atoms with E-state index < -0.39 is 29.0 Å². The second-order valence-electron chi connectivity index (χ2n) is 6.28. The summed E-state index contributed by atoms with van der Waals surface area (Å²) in [5.74, 6) is 0. The summed E-state index contributed by atoms with van der Waals surface area (Å²) < 4.78 is 42.9. The number of aromatic amines is 1. The van der Waals surface area contributed by atoms with Gasteiger partial charge in [0.1, 0.15) is 11.3 Å². The number of alkyl carbamates (subject to hydrolysis) is 1. The molecule has 0 aliphatic rings. The van der Waals surface area contributed by atoms with Crippen molar-refractivity contribution in [2.45, 2.75) is 44.9 Å². The maximum absolute atomic E-state index is 12.6. The van der Waals surface area contributed by atoms with Crippen molar-refractivity contribution in [3.8, 4) is 0 Å². The molecule has 0 spiro atoms. The van der Waals surface area contributed by atoms with E-state index in [2.05, 4.69) is 10.4 Å². The molecule has 1 amide bonds. The number of carbonyl (C=O) groups excluding carboxylic acids is 1. The Morgan fingerprint density at radius 3 is 2.36 bits per heavy atom. The summed E-state index contributed by atoms with van der Waals surface area (Å²) in [4.78, 5) is 11.6. The van der Waals surface area contributed by atoms with E-state index in [-0.39, 0.29) is 18.8 Å². The Hall–Kier alpha value is -1.77. The number of nitrogens with zero attached hydrogens (tertiary/aromatic N) is 1. The maximum atomic E-state index is 12.6. The molecular weight excluding hydrogens is 301 g/mol. The fraction of sp³-hybridized carbons (Fsp3) is 0.692. The molecule has 0 aliphatic heterocycles. The van der Waals surface area contributed by atoms with Gasteiger partial charge in [0.25, 0.3) is 0 Å². The highest BCUT2D eigenvalue weighted by Gasteiger charge is 2.36. The molecule has 6 nitrogen and oxygen atoms in total. The van der Waals surface area contributed by atoms with Crippen LogP contribution in [0.5, 0.6) is 0 Å². The van der Waals surface area contributed by atoms with Gasteiger partial charge in [-0.25, -0.2) is 4.79 Å². The molecule has 4 N–H and O–H groups in total. The molecule has 1 aromatic heterocycles. The third-order valence-electron chi connectivity index (χ3n) is 2.97. The minimum Gasteiger partial charge on any atom is -0.444 e. The van der Waals surface area contributed by atoms with Crippen LogP contribution in [0.2, 0.25) is 0 Å². The number of carbonyl (C=O) groups is 1. The third kappa shape index (κ3) is 4.90. The zero-order valence-corrected chi connectivity index (χ0v) is 13.0. The lowest BCUT2D eigenvalue weighted by Gasteiger charge is -2.27. The molecular formula is C13H21F3N4O2. The minimum atomic E-state index is -4.51. The third-order valence-corrected chi connectivity index (χ3v) is 2.97. The molecule has 0 aliphatic carbocycles. The molecule has 1 heterocycles. The van der Waals surface area contributed by atoms with E-state index >= 15 is 0 Å². The second kappa shape index (κ2) is 6.15. The summed E-state index contributed by atoms with van der Waals surface area (Å²) in [5.41, 5.74) is 3.19. The highest BCUT2D eigenvalue weighted by molar-refractivity contribution is 5.67. The van der Waals surface area contributed by atoms with Gasteiger partial charge in [-0.1, -0.05) is 6.92 Å². The Bertz CT molecular complexity index is 522. The van der Waals surface area contributed by atoms with Crippen molar-refractivity contribution in [1.29, 1.82) is 0 Å². The smallest absolute Gasteiger partial charge is 0.432 e. The first-order valence-electron chi connectivity index (χ1n) is 6.67. The van der Waals surface area contributed by atoms with Crippen molar-refractivity contribution in [2.24, 2.45) is 5.73 Å². The largest absolute Gasteiger partial charge is 0.444 e. The molecule has 1 atom stereocenters. The minimum absolute atomic E-state index is 0.000559. The molecule has 1 rings (SSSR count). The van der Waals surface area contributed by atoms with Gasteiger partial charge in [0.05, 0.1) is 5.69 Å². The van der Waals surface area contributed by atoms with Crippen molar-refractivity contribution in [1.82, 2.24) is 15.5 Å². The lowest BCUT2D eigenvalue weighted by molar-refractivity contribution is -0.141. The van der Waals surface area contributed by atoms with E-state index in [0.717, 1.165) is 6.07 Å². The Kier molecular flexibility index (Phi) is 5.11. The van der Waals surface area contributed by atoms with Crippen LogP contribution in [-0.4, -0.2) is 35.0 Å². The number of hydrogen-bond acceptors (Lipinski definition) is 4. The predicted molar refractivity (Wildman–Crippen MR) is 74.2 cm³/mol. The molecule has 9 heteroatoms. The quantitative estimate of drug-likeness (QED) is 0.792. The number of halogens is 3. The SMILES string of the molecule is CC(C)(C)OC(=O)NCC(C)(CN)c1cc(C(F)(F)F)[nH]n1. The number of nitrogens with two attached hydrogens (primary N) is 1. The van der Waals surface area contributed by atoms with Crippen LogP contribution < -0.4 is 11.1 Å². The first-order chi connectivity index (χ1) is 9.87. The van der Waals surface area contributed by atoms with Crippen molar-refractivity contribution >= 4 is 6.09 Å². The van der Waals surface area contributed by atoms with Gasteiger partial charge in [-0.05, 0) is 26.8 Å². The molecule has 0 radical (unpaired) electrons. The van der Waals surface area contributed by atoms with Gasteiger partial charge < -0.3 is 15.8 Å². The number of aromatic nitrogens is 2. The molecule has 1 unspecified atom stereocenters. The van der Waals surface area contributed by atoms with Crippen LogP contribution in [0, 0.1) is 0 Å². The van der Waals surface area contributed by atoms with Gasteiger partial charge in [-0.2, -0.15) is 18.3 Å². The van der Waals surface area contributed by atoms with E-state index in [1.807, 2.05) is 5.10 Å². The number of ether oxygens (including phenoxy) is 1. The summed E-state index contributed by atoms with van der Waals surface area (Å²) in [6.07, 6.45) is -5.18. The van der Waals surface area contributed by atoms with Crippen LogP contribution in [0.3, 0.4) is 0 Å². The lowest BCUT2D eigenvalue weighted by atomic mass is 9.86. The maximum Gasteiger partial charge on any atom is 0.432 e. The van der Waals surface area contributed by atoms with Crippen LogP contribution in [0.15, 0.2) is 6.07 Å². The molecule has 0 saturated carbocycles. The number of nitrogens with one attached hydrogen (secondary N) is 2. The first kappa shape index (κ1) is 18.3. The van der Waals surface area contributed by atoms with Crippen LogP contribution in [0.4, 0.5) is 18.0 Å². The molecule has 1 aromatic rings. The Morgan fingerprint density at radius 1 is 1.36 bits per heavy atom. The predicted octanol–water partition coefficient (Wildman–Crippen LogP) is 2.17. The van der Waals surface area contributed by atoms with Crippen LogP contribution in [0.25, 0.3) is 0 Å². The Morgan fingerprint density at radius 2 is 1.95 bits per heavy atom. The lowest BCUT2D eigenvalue weighted by Crippen LogP contribution is -2.45. The standard InChI is InChI=1S/C13H21F3N4O2/c1-11(2,3)22-10(21)18-7-12(4,6-17)8-5-9(20-19-8)13(14,15)16/h5H,6-7,17H2,1-4H3,(H,18,21)(H,19,20). The second-order valence-corrected chi connectivity index (χ2v) is 6.28. The summed E-state index contributed by atoms with van der Waals surface area (Å²) in [6, 6.07) is 0.892. The van der Waals surface area contributed by atoms with Gasteiger partial charge >= 0.3 is 12.3 Å². The van der Waals surface area contributed by atoms with Crippen molar-refractivity contribution in [2.75, 3.05) is 13.1 Å². The van der Waals surface area contributed by atoms with E-state index in [1.54, 1.807) is 27.7 Å². The number of hydrogen-bond donors (Lipinski definition) is 3. The average Bonchev–Trinajstić information content (AvgIpc) is 2.83. The van der Waals surface area contributed by atoms with Gasteiger partial charge in [-0.3, -0.25) is 5.10 Å². The highest BCUT2D eigenvalue weighted by atomic mass is 19.4. The van der Waals surface area contributed by atoms with Crippen LogP contribution >= 0.6 is 0 Å². The van der Waals surface area contributed by atoms with E-state index in [4.69, 9.17) is 10.5 Å². The zero-order valence-electron chi connectivity index (χ0n) is 13.0. The molecule has 22 heavy (non-hydrogen) atoms. The zero-order chi connectivity index (χ0) is 17.2. The van der Waals surface area contributed by atoms with Crippen LogP contribution in [-0.2, 0) is 16.3 Å².